The van der Waals surface area contributed by atoms with Crippen molar-refractivity contribution in [2.75, 3.05) is 32.7 Å². The molecule has 3 fully saturated rings. The quantitative estimate of drug-likeness (QED) is 0.404. The lowest BCUT2D eigenvalue weighted by Gasteiger charge is -2.32. The number of aromatic carboxylic acids is 1. The zero-order valence-electron chi connectivity index (χ0n) is 22.6. The van der Waals surface area contributed by atoms with Crippen LogP contribution in [0.3, 0.4) is 0 Å². The Morgan fingerprint density at radius 1 is 0.868 bits per heavy atom. The van der Waals surface area contributed by atoms with Crippen LogP contribution in [0.2, 0.25) is 0 Å². The van der Waals surface area contributed by atoms with E-state index in [0.29, 0.717) is 23.4 Å². The first-order valence-electron chi connectivity index (χ1n) is 15.1. The molecule has 200 valence electrons. The number of hydrogen-bond acceptors (Lipinski definition) is 3. The molecular weight excluding hydrogens is 470 g/mol. The number of carboxylic acids is 1. The van der Waals surface area contributed by atoms with Crippen LogP contribution >= 0.6 is 0 Å². The maximum atomic E-state index is 12.0. The van der Waals surface area contributed by atoms with Gasteiger partial charge in [-0.1, -0.05) is 56.0 Å². The lowest BCUT2D eigenvalue weighted by atomic mass is 9.81. The molecule has 1 saturated carbocycles. The summed E-state index contributed by atoms with van der Waals surface area (Å²) in [5.41, 5.74) is 7.28. The molecule has 0 radical (unpaired) electrons. The molecule has 2 unspecified atom stereocenters. The van der Waals surface area contributed by atoms with Crippen LogP contribution in [0.15, 0.2) is 42.5 Å². The first kappa shape index (κ1) is 24.4. The predicted molar refractivity (Wildman–Crippen MR) is 153 cm³/mol. The standard InChI is InChI=1S/C33H41N3O2/c37-33(38)24-13-14-28-29(21-24)36-22-25-15-18-35(20-19-34-16-7-2-8-17-34)31(25)26-11-5-6-12-27(26)32(36)30(28)23-9-3-1-4-10-23/h5-6,11-14,21,23,25,31H,1-4,7-10,15-20,22H2,(H,37,38). The number of benzene rings is 2. The fourth-order valence-corrected chi connectivity index (χ4v) is 8.27. The van der Waals surface area contributed by atoms with Crippen molar-refractivity contribution in [1.29, 1.82) is 0 Å². The van der Waals surface area contributed by atoms with Gasteiger partial charge < -0.3 is 14.6 Å². The van der Waals surface area contributed by atoms with Crippen molar-refractivity contribution in [3.05, 3.63) is 59.2 Å². The number of carboxylic acid groups (broad SMARTS) is 1. The summed E-state index contributed by atoms with van der Waals surface area (Å²) in [7, 11) is 0. The van der Waals surface area contributed by atoms with E-state index in [1.165, 1.54) is 105 Å². The Balaban J connectivity index is 1.34. The first-order chi connectivity index (χ1) is 18.7. The van der Waals surface area contributed by atoms with Crippen molar-refractivity contribution in [3.63, 3.8) is 0 Å². The molecule has 0 amide bonds. The summed E-state index contributed by atoms with van der Waals surface area (Å²) in [5, 5.41) is 11.1. The summed E-state index contributed by atoms with van der Waals surface area (Å²) < 4.78 is 2.54. The molecule has 5 heteroatoms. The van der Waals surface area contributed by atoms with Gasteiger partial charge >= 0.3 is 5.97 Å². The van der Waals surface area contributed by atoms with Crippen LogP contribution in [-0.4, -0.2) is 58.2 Å². The van der Waals surface area contributed by atoms with Crippen molar-refractivity contribution in [2.24, 2.45) is 5.92 Å². The summed E-state index contributed by atoms with van der Waals surface area (Å²) in [6.07, 6.45) is 11.7. The molecule has 1 aromatic heterocycles. The lowest BCUT2D eigenvalue weighted by molar-refractivity contribution is 0.0697. The van der Waals surface area contributed by atoms with Crippen LogP contribution in [0.4, 0.5) is 0 Å². The number of nitrogens with zero attached hydrogens (tertiary/aromatic N) is 3. The fourth-order valence-electron chi connectivity index (χ4n) is 8.27. The van der Waals surface area contributed by atoms with Gasteiger partial charge in [0.25, 0.3) is 0 Å². The van der Waals surface area contributed by atoms with Gasteiger partial charge in [-0.15, -0.1) is 0 Å². The first-order valence-corrected chi connectivity index (χ1v) is 15.1. The number of carbonyl (C=O) groups is 1. The molecule has 7 rings (SSSR count). The Bertz CT molecular complexity index is 1330. The Hall–Kier alpha value is -2.63. The molecular formula is C33H41N3O2. The maximum Gasteiger partial charge on any atom is 0.335 e. The van der Waals surface area contributed by atoms with Crippen molar-refractivity contribution in [2.45, 2.75) is 76.3 Å². The molecule has 1 N–H and O–H groups in total. The van der Waals surface area contributed by atoms with Gasteiger partial charge in [0, 0.05) is 42.1 Å². The molecule has 4 heterocycles. The van der Waals surface area contributed by atoms with Gasteiger partial charge in [0.05, 0.1) is 11.3 Å². The number of fused-ring (bicyclic) bond motifs is 7. The van der Waals surface area contributed by atoms with E-state index in [1.54, 1.807) is 0 Å². The van der Waals surface area contributed by atoms with E-state index in [9.17, 15) is 9.90 Å². The van der Waals surface area contributed by atoms with E-state index >= 15 is 0 Å². The van der Waals surface area contributed by atoms with Crippen molar-refractivity contribution in [3.8, 4) is 11.3 Å². The van der Waals surface area contributed by atoms with E-state index < -0.39 is 5.97 Å². The molecule has 2 atom stereocenters. The molecule has 2 aromatic carbocycles. The van der Waals surface area contributed by atoms with Crippen LogP contribution in [0, 0.1) is 5.92 Å². The third-order valence-corrected chi connectivity index (χ3v) is 10.1. The van der Waals surface area contributed by atoms with Gasteiger partial charge in [0.1, 0.15) is 0 Å². The molecule has 0 bridgehead atoms. The smallest absolute Gasteiger partial charge is 0.335 e. The third kappa shape index (κ3) is 4.19. The fraction of sp³-hybridized carbons (Fsp3) is 0.545. The van der Waals surface area contributed by atoms with Gasteiger partial charge in [-0.05, 0) is 86.8 Å². The number of rotatable bonds is 5. The average Bonchev–Trinajstić information content (AvgIpc) is 3.47. The zero-order chi connectivity index (χ0) is 25.6. The average molecular weight is 512 g/mol. The van der Waals surface area contributed by atoms with Crippen LogP contribution < -0.4 is 0 Å². The van der Waals surface area contributed by atoms with Crippen molar-refractivity contribution < 1.29 is 9.90 Å². The number of hydrogen-bond donors (Lipinski definition) is 1. The van der Waals surface area contributed by atoms with Crippen LogP contribution in [0.25, 0.3) is 22.2 Å². The van der Waals surface area contributed by atoms with Gasteiger partial charge in [0.15, 0.2) is 0 Å². The normalized spacial score (nSPS) is 24.6. The third-order valence-electron chi connectivity index (χ3n) is 10.1. The topological polar surface area (TPSA) is 48.7 Å². The molecule has 38 heavy (non-hydrogen) atoms. The minimum Gasteiger partial charge on any atom is -0.478 e. The summed E-state index contributed by atoms with van der Waals surface area (Å²) in [5.74, 6) is 0.264. The van der Waals surface area contributed by atoms with Gasteiger partial charge in [-0.25, -0.2) is 4.79 Å². The van der Waals surface area contributed by atoms with Crippen molar-refractivity contribution >= 4 is 16.9 Å². The van der Waals surface area contributed by atoms with Crippen LogP contribution in [0.5, 0.6) is 0 Å². The molecule has 5 nitrogen and oxygen atoms in total. The largest absolute Gasteiger partial charge is 0.478 e. The minimum absolute atomic E-state index is 0.400. The molecule has 3 aromatic rings. The Morgan fingerprint density at radius 2 is 1.66 bits per heavy atom. The second-order valence-electron chi connectivity index (χ2n) is 12.3. The summed E-state index contributed by atoms with van der Waals surface area (Å²) in [4.78, 5) is 17.4. The molecule has 3 aliphatic heterocycles. The molecule has 4 aliphatic rings. The van der Waals surface area contributed by atoms with E-state index in [2.05, 4.69) is 44.7 Å². The summed E-state index contributed by atoms with van der Waals surface area (Å²) in [6, 6.07) is 15.5. The molecule has 1 aliphatic carbocycles. The minimum atomic E-state index is -0.835. The SMILES string of the molecule is O=C(O)c1ccc2c(C3CCCCC3)c3n(c2c1)CC1CCN(CCN2CCCCC2)C1c1ccccc1-3. The highest BCUT2D eigenvalue weighted by Gasteiger charge is 2.41. The lowest BCUT2D eigenvalue weighted by Crippen LogP contribution is -2.38. The van der Waals surface area contributed by atoms with E-state index in [0.717, 1.165) is 25.2 Å². The Morgan fingerprint density at radius 3 is 2.47 bits per heavy atom. The highest BCUT2D eigenvalue weighted by molar-refractivity contribution is 5.98. The van der Waals surface area contributed by atoms with Crippen LogP contribution in [0.1, 0.15) is 91.2 Å². The van der Waals surface area contributed by atoms with E-state index in [4.69, 9.17) is 0 Å². The monoisotopic (exact) mass is 511 g/mol. The second kappa shape index (κ2) is 10.2. The van der Waals surface area contributed by atoms with Crippen LogP contribution in [-0.2, 0) is 6.54 Å². The van der Waals surface area contributed by atoms with Gasteiger partial charge in [0.2, 0.25) is 0 Å². The number of aromatic nitrogens is 1. The summed E-state index contributed by atoms with van der Waals surface area (Å²) >= 11 is 0. The highest BCUT2D eigenvalue weighted by atomic mass is 16.4. The number of likely N-dealkylation sites (tertiary alicyclic amines) is 2. The van der Waals surface area contributed by atoms with Gasteiger partial charge in [-0.2, -0.15) is 0 Å². The maximum absolute atomic E-state index is 12.0. The highest BCUT2D eigenvalue weighted by Crippen LogP contribution is 2.51. The van der Waals surface area contributed by atoms with Gasteiger partial charge in [-0.3, -0.25) is 4.90 Å². The second-order valence-corrected chi connectivity index (χ2v) is 12.3. The van der Waals surface area contributed by atoms with E-state index in [1.807, 2.05) is 12.1 Å². The van der Waals surface area contributed by atoms with Crippen molar-refractivity contribution in [1.82, 2.24) is 14.4 Å². The molecule has 0 spiro atoms. The predicted octanol–water partition coefficient (Wildman–Crippen LogP) is 6.92. The Labute approximate surface area is 226 Å². The Kier molecular flexibility index (Phi) is 6.53. The number of piperidine rings is 1. The molecule has 2 saturated heterocycles. The summed E-state index contributed by atoms with van der Waals surface area (Å²) in [6.45, 7) is 6.96. The zero-order valence-corrected chi connectivity index (χ0v) is 22.6. The van der Waals surface area contributed by atoms with E-state index in [-0.39, 0.29) is 0 Å².